The Morgan fingerprint density at radius 2 is 1.96 bits per heavy atom. The van der Waals surface area contributed by atoms with Crippen LogP contribution in [0.1, 0.15) is 18.4 Å². The fraction of sp³-hybridized carbons (Fsp3) is 0.400. The lowest BCUT2D eigenvalue weighted by atomic mass is 9.98. The summed E-state index contributed by atoms with van der Waals surface area (Å²) in [5.41, 5.74) is 7.15. The van der Waals surface area contributed by atoms with Crippen molar-refractivity contribution >= 4 is 0 Å². The molecule has 1 aliphatic heterocycles. The molecule has 4 nitrogen and oxygen atoms in total. The molecule has 0 aliphatic carbocycles. The second kappa shape index (κ2) is 8.43. The van der Waals surface area contributed by atoms with Crippen molar-refractivity contribution in [3.05, 3.63) is 59.9 Å². The molecule has 0 aromatic heterocycles. The van der Waals surface area contributed by atoms with Gasteiger partial charge in [0.05, 0.1) is 6.10 Å². The van der Waals surface area contributed by atoms with Crippen LogP contribution < -0.4 is 10.5 Å². The van der Waals surface area contributed by atoms with Gasteiger partial charge in [-0.25, -0.2) is 4.39 Å². The van der Waals surface area contributed by atoms with Crippen LogP contribution in [0.5, 0.6) is 11.5 Å². The van der Waals surface area contributed by atoms with E-state index in [9.17, 15) is 4.39 Å². The summed E-state index contributed by atoms with van der Waals surface area (Å²) in [4.78, 5) is 2.41. The largest absolute Gasteiger partial charge is 0.457 e. The van der Waals surface area contributed by atoms with E-state index in [1.807, 2.05) is 24.3 Å². The Morgan fingerprint density at radius 1 is 1.16 bits per heavy atom. The van der Waals surface area contributed by atoms with Gasteiger partial charge in [0.2, 0.25) is 0 Å². The van der Waals surface area contributed by atoms with E-state index >= 15 is 0 Å². The molecule has 0 radical (unpaired) electrons. The molecule has 0 amide bonds. The van der Waals surface area contributed by atoms with Crippen LogP contribution in [0, 0.1) is 5.82 Å². The van der Waals surface area contributed by atoms with Crippen LogP contribution in [0.3, 0.4) is 0 Å². The molecule has 2 N–H and O–H groups in total. The quantitative estimate of drug-likeness (QED) is 0.870. The van der Waals surface area contributed by atoms with Crippen LogP contribution in [0.4, 0.5) is 4.39 Å². The van der Waals surface area contributed by atoms with E-state index < -0.39 is 0 Å². The summed E-state index contributed by atoms with van der Waals surface area (Å²) in [6.07, 6.45) is 2.33. The zero-order valence-electron chi connectivity index (χ0n) is 14.5. The Bertz CT molecular complexity index is 678. The summed E-state index contributed by atoms with van der Waals surface area (Å²) in [5, 5.41) is 0. The monoisotopic (exact) mass is 344 g/mol. The smallest absolute Gasteiger partial charge is 0.130 e. The van der Waals surface area contributed by atoms with Crippen LogP contribution in [0.25, 0.3) is 0 Å². The average Bonchev–Trinajstić information content (AvgIpc) is 2.63. The van der Waals surface area contributed by atoms with Crippen molar-refractivity contribution in [3.8, 4) is 11.5 Å². The maximum atomic E-state index is 13.2. The maximum Gasteiger partial charge on any atom is 0.130 e. The number of hydrogen-bond acceptors (Lipinski definition) is 4. The second-order valence-corrected chi connectivity index (χ2v) is 6.45. The lowest BCUT2D eigenvalue weighted by molar-refractivity contribution is 0.0102. The Balaban J connectivity index is 1.60. The van der Waals surface area contributed by atoms with Gasteiger partial charge in [-0.15, -0.1) is 0 Å². The number of nitrogens with two attached hydrogens (primary N) is 1. The van der Waals surface area contributed by atoms with Gasteiger partial charge < -0.3 is 15.2 Å². The SMILES string of the molecule is COC1CCN(Cc2ccc(Oc3cccc(F)c3)cc2)C(CN)C1. The fourth-order valence-electron chi connectivity index (χ4n) is 3.29. The standard InChI is InChI=1S/C20H25FN2O2/c1-24-19-9-10-23(17(12-19)13-22)14-15-5-7-18(8-6-15)25-20-4-2-3-16(21)11-20/h2-8,11,17,19H,9-10,12-14,22H2,1H3. The Labute approximate surface area is 148 Å². The van der Waals surface area contributed by atoms with Crippen LogP contribution in [-0.2, 0) is 11.3 Å². The number of likely N-dealkylation sites (tertiary alicyclic amines) is 1. The lowest BCUT2D eigenvalue weighted by Gasteiger charge is -2.38. The van der Waals surface area contributed by atoms with Crippen molar-refractivity contribution in [3.63, 3.8) is 0 Å². The maximum absolute atomic E-state index is 13.2. The molecule has 2 aromatic rings. The average molecular weight is 344 g/mol. The van der Waals surface area contributed by atoms with Gasteiger partial charge in [0.1, 0.15) is 17.3 Å². The van der Waals surface area contributed by atoms with Gasteiger partial charge in [-0.1, -0.05) is 18.2 Å². The van der Waals surface area contributed by atoms with Crippen molar-refractivity contribution in [2.45, 2.75) is 31.5 Å². The number of hydrogen-bond donors (Lipinski definition) is 1. The second-order valence-electron chi connectivity index (χ2n) is 6.45. The molecule has 0 bridgehead atoms. The van der Waals surface area contributed by atoms with E-state index in [1.165, 1.54) is 17.7 Å². The van der Waals surface area contributed by atoms with Gasteiger partial charge in [0.15, 0.2) is 0 Å². The number of piperidine rings is 1. The van der Waals surface area contributed by atoms with Crippen molar-refractivity contribution in [2.24, 2.45) is 5.73 Å². The van der Waals surface area contributed by atoms with Gasteiger partial charge in [-0.2, -0.15) is 0 Å². The summed E-state index contributed by atoms with van der Waals surface area (Å²) < 4.78 is 24.4. The molecule has 1 heterocycles. The topological polar surface area (TPSA) is 47.7 Å². The Kier molecular flexibility index (Phi) is 6.02. The highest BCUT2D eigenvalue weighted by atomic mass is 19.1. The molecule has 5 heteroatoms. The first-order valence-electron chi connectivity index (χ1n) is 8.67. The summed E-state index contributed by atoms with van der Waals surface area (Å²) >= 11 is 0. The van der Waals surface area contributed by atoms with E-state index in [0.29, 0.717) is 30.2 Å². The van der Waals surface area contributed by atoms with Crippen LogP contribution >= 0.6 is 0 Å². The molecule has 0 saturated carbocycles. The number of methoxy groups -OCH3 is 1. The Hall–Kier alpha value is -1.95. The molecular weight excluding hydrogens is 319 g/mol. The number of rotatable bonds is 6. The first-order chi connectivity index (χ1) is 12.2. The summed E-state index contributed by atoms with van der Waals surface area (Å²) in [7, 11) is 1.77. The van der Waals surface area contributed by atoms with E-state index in [2.05, 4.69) is 4.90 Å². The molecule has 25 heavy (non-hydrogen) atoms. The van der Waals surface area contributed by atoms with Crippen LogP contribution in [0.15, 0.2) is 48.5 Å². The highest BCUT2D eigenvalue weighted by Crippen LogP contribution is 2.24. The van der Waals surface area contributed by atoms with Crippen LogP contribution in [0.2, 0.25) is 0 Å². The van der Waals surface area contributed by atoms with E-state index in [1.54, 1.807) is 19.2 Å². The number of ether oxygens (including phenoxy) is 2. The van der Waals surface area contributed by atoms with Crippen molar-refractivity contribution in [2.75, 3.05) is 20.2 Å². The summed E-state index contributed by atoms with van der Waals surface area (Å²) in [5.74, 6) is 0.891. The molecule has 0 spiro atoms. The van der Waals surface area contributed by atoms with Crippen molar-refractivity contribution in [1.82, 2.24) is 4.90 Å². The highest BCUT2D eigenvalue weighted by Gasteiger charge is 2.27. The van der Waals surface area contributed by atoms with E-state index in [4.69, 9.17) is 15.2 Å². The third kappa shape index (κ3) is 4.78. The molecule has 2 atom stereocenters. The van der Waals surface area contributed by atoms with Crippen LogP contribution in [-0.4, -0.2) is 37.2 Å². The predicted octanol–water partition coefficient (Wildman–Crippen LogP) is 3.56. The van der Waals surface area contributed by atoms with Crippen molar-refractivity contribution < 1.29 is 13.9 Å². The predicted molar refractivity (Wildman–Crippen MR) is 96.2 cm³/mol. The highest BCUT2D eigenvalue weighted by molar-refractivity contribution is 5.33. The van der Waals surface area contributed by atoms with Gasteiger partial charge in [0, 0.05) is 38.9 Å². The molecule has 1 aliphatic rings. The summed E-state index contributed by atoms with van der Waals surface area (Å²) in [6, 6.07) is 14.4. The number of nitrogens with zero attached hydrogens (tertiary/aromatic N) is 1. The first kappa shape index (κ1) is 17.9. The van der Waals surface area contributed by atoms with Gasteiger partial charge in [-0.3, -0.25) is 4.90 Å². The minimum absolute atomic E-state index is 0.304. The normalized spacial score (nSPS) is 21.2. The number of halogens is 1. The minimum Gasteiger partial charge on any atom is -0.457 e. The zero-order chi connectivity index (χ0) is 17.6. The number of benzene rings is 2. The lowest BCUT2D eigenvalue weighted by Crippen LogP contribution is -2.47. The molecular formula is C20H25FN2O2. The summed E-state index contributed by atoms with van der Waals surface area (Å²) in [6.45, 7) is 2.49. The fourth-order valence-corrected chi connectivity index (χ4v) is 3.29. The van der Waals surface area contributed by atoms with E-state index in [-0.39, 0.29) is 5.82 Å². The Morgan fingerprint density at radius 3 is 2.64 bits per heavy atom. The molecule has 2 aromatic carbocycles. The molecule has 2 unspecified atom stereocenters. The zero-order valence-corrected chi connectivity index (χ0v) is 14.5. The molecule has 3 rings (SSSR count). The molecule has 1 saturated heterocycles. The first-order valence-corrected chi connectivity index (χ1v) is 8.67. The molecule has 1 fully saturated rings. The van der Waals surface area contributed by atoms with Crippen molar-refractivity contribution in [1.29, 1.82) is 0 Å². The third-order valence-corrected chi connectivity index (χ3v) is 4.74. The van der Waals surface area contributed by atoms with Gasteiger partial charge >= 0.3 is 0 Å². The molecule has 134 valence electrons. The minimum atomic E-state index is -0.304. The van der Waals surface area contributed by atoms with E-state index in [0.717, 1.165) is 25.9 Å². The van der Waals surface area contributed by atoms with Gasteiger partial charge in [-0.05, 0) is 42.7 Å². The van der Waals surface area contributed by atoms with Gasteiger partial charge in [0.25, 0.3) is 0 Å². The third-order valence-electron chi connectivity index (χ3n) is 4.74.